The molecule has 2 rings (SSSR count). The van der Waals surface area contributed by atoms with Crippen LogP contribution in [-0.2, 0) is 6.42 Å². The molecule has 7 heteroatoms. The highest BCUT2D eigenvalue weighted by atomic mass is 79.9. The molecule has 0 saturated carbocycles. The fraction of sp³-hybridized carbons (Fsp3) is 0.250. The number of hydrogen-bond donors (Lipinski definition) is 2. The average molecular weight is 341 g/mol. The summed E-state index contributed by atoms with van der Waals surface area (Å²) >= 11 is 8.47. The first-order chi connectivity index (χ1) is 9.11. The monoisotopic (exact) mass is 340 g/mol. The molecule has 0 bridgehead atoms. The molecular weight excluding hydrogens is 328 g/mol. The molecule has 1 aromatic carbocycles. The van der Waals surface area contributed by atoms with Gasteiger partial charge in [-0.15, -0.1) is 0 Å². The summed E-state index contributed by atoms with van der Waals surface area (Å²) in [6.45, 7) is 2.06. The van der Waals surface area contributed by atoms with Gasteiger partial charge < -0.3 is 5.11 Å². The van der Waals surface area contributed by atoms with Crippen LogP contribution in [0, 0.1) is 4.77 Å². The van der Waals surface area contributed by atoms with Crippen molar-refractivity contribution in [3.05, 3.63) is 38.8 Å². The van der Waals surface area contributed by atoms with Crippen molar-refractivity contribution >= 4 is 34.4 Å². The van der Waals surface area contributed by atoms with Crippen LogP contribution < -0.4 is 0 Å². The maximum Gasteiger partial charge on any atom is 0.216 e. The number of aromatic hydroxyl groups is 1. The first-order valence-electron chi connectivity index (χ1n) is 5.81. The Bertz CT molecular complexity index is 662. The predicted molar refractivity (Wildman–Crippen MR) is 80.2 cm³/mol. The third-order valence-electron chi connectivity index (χ3n) is 2.49. The molecule has 0 spiro atoms. The summed E-state index contributed by atoms with van der Waals surface area (Å²) in [5.74, 6) is 0.942. The number of nitrogens with zero attached hydrogens (tertiary/aromatic N) is 3. The van der Waals surface area contributed by atoms with Gasteiger partial charge in [-0.1, -0.05) is 22.9 Å². The molecule has 0 radical (unpaired) electrons. The quantitative estimate of drug-likeness (QED) is 0.663. The zero-order valence-corrected chi connectivity index (χ0v) is 12.7. The second-order valence-electron chi connectivity index (χ2n) is 3.95. The minimum absolute atomic E-state index is 0.166. The number of hydrogen-bond acceptors (Lipinski definition) is 4. The molecule has 5 nitrogen and oxygen atoms in total. The zero-order chi connectivity index (χ0) is 13.8. The average Bonchev–Trinajstić information content (AvgIpc) is 2.72. The van der Waals surface area contributed by atoms with E-state index in [-0.39, 0.29) is 5.75 Å². The molecule has 1 aromatic heterocycles. The van der Waals surface area contributed by atoms with Gasteiger partial charge >= 0.3 is 0 Å². The minimum Gasteiger partial charge on any atom is -0.507 e. The lowest BCUT2D eigenvalue weighted by atomic mass is 10.2. The van der Waals surface area contributed by atoms with Crippen molar-refractivity contribution in [1.29, 1.82) is 0 Å². The Morgan fingerprint density at radius 1 is 1.58 bits per heavy atom. The lowest BCUT2D eigenvalue weighted by molar-refractivity contribution is 0.474. The summed E-state index contributed by atoms with van der Waals surface area (Å²) in [5, 5.41) is 20.8. The van der Waals surface area contributed by atoms with Crippen LogP contribution in [0.25, 0.3) is 0 Å². The van der Waals surface area contributed by atoms with Gasteiger partial charge in [0.1, 0.15) is 5.75 Å². The molecule has 19 heavy (non-hydrogen) atoms. The van der Waals surface area contributed by atoms with Gasteiger partial charge in [-0.05, 0) is 36.8 Å². The second kappa shape index (κ2) is 6.12. The third kappa shape index (κ3) is 3.30. The molecule has 1 heterocycles. The van der Waals surface area contributed by atoms with E-state index in [1.165, 1.54) is 0 Å². The van der Waals surface area contributed by atoms with Crippen LogP contribution in [0.5, 0.6) is 5.75 Å². The molecule has 0 aliphatic rings. The maximum atomic E-state index is 9.73. The summed E-state index contributed by atoms with van der Waals surface area (Å²) in [6, 6.07) is 5.15. The van der Waals surface area contributed by atoms with E-state index in [1.54, 1.807) is 29.1 Å². The van der Waals surface area contributed by atoms with E-state index in [1.807, 2.05) is 0 Å². The van der Waals surface area contributed by atoms with Gasteiger partial charge in [0.25, 0.3) is 0 Å². The van der Waals surface area contributed by atoms with Crippen LogP contribution in [0.2, 0.25) is 0 Å². The lowest BCUT2D eigenvalue weighted by Gasteiger charge is -2.01. The van der Waals surface area contributed by atoms with E-state index in [2.05, 4.69) is 38.2 Å². The number of rotatable bonds is 4. The molecule has 100 valence electrons. The van der Waals surface area contributed by atoms with Crippen LogP contribution in [0.3, 0.4) is 0 Å². The second-order valence-corrected chi connectivity index (χ2v) is 5.26. The fourth-order valence-corrected chi connectivity index (χ4v) is 2.15. The molecule has 0 aliphatic heterocycles. The van der Waals surface area contributed by atoms with Gasteiger partial charge in [-0.2, -0.15) is 14.9 Å². The molecule has 2 N–H and O–H groups in total. The third-order valence-corrected chi connectivity index (χ3v) is 3.25. The van der Waals surface area contributed by atoms with Gasteiger partial charge in [0.2, 0.25) is 4.77 Å². The van der Waals surface area contributed by atoms with Gasteiger partial charge in [0, 0.05) is 16.5 Å². The van der Waals surface area contributed by atoms with Crippen LogP contribution in [0.4, 0.5) is 0 Å². The Morgan fingerprint density at radius 2 is 2.37 bits per heavy atom. The topological polar surface area (TPSA) is 66.2 Å². The first kappa shape index (κ1) is 14.0. The molecule has 0 aliphatic carbocycles. The van der Waals surface area contributed by atoms with Crippen LogP contribution >= 0.6 is 28.1 Å². The highest BCUT2D eigenvalue weighted by molar-refractivity contribution is 9.10. The number of aromatic amines is 1. The van der Waals surface area contributed by atoms with Crippen LogP contribution in [0.1, 0.15) is 24.7 Å². The van der Waals surface area contributed by atoms with E-state index in [9.17, 15) is 5.11 Å². The zero-order valence-electron chi connectivity index (χ0n) is 10.3. The molecule has 0 atom stereocenters. The Hall–Kier alpha value is -1.47. The number of H-pyrrole nitrogens is 1. The van der Waals surface area contributed by atoms with E-state index in [0.29, 0.717) is 10.3 Å². The lowest BCUT2D eigenvalue weighted by Crippen LogP contribution is -1.98. The molecule has 0 saturated heterocycles. The van der Waals surface area contributed by atoms with Crippen molar-refractivity contribution in [3.63, 3.8) is 0 Å². The molecule has 0 unspecified atom stereocenters. The number of phenols is 1. The fourth-order valence-electron chi connectivity index (χ4n) is 1.58. The Morgan fingerprint density at radius 3 is 3.11 bits per heavy atom. The van der Waals surface area contributed by atoms with Crippen molar-refractivity contribution in [2.75, 3.05) is 0 Å². The highest BCUT2D eigenvalue weighted by Gasteiger charge is 2.04. The standard InChI is InChI=1S/C12H13BrN4OS/c1-2-3-11-15-16-12(19)17(11)14-7-8-6-9(13)4-5-10(8)18/h4-7,18H,2-3H2,1H3,(H,16,19)/b14-7-. The minimum atomic E-state index is 0.166. The van der Waals surface area contributed by atoms with Crippen molar-refractivity contribution in [2.24, 2.45) is 5.10 Å². The number of aromatic nitrogens is 3. The first-order valence-corrected chi connectivity index (χ1v) is 7.01. The largest absolute Gasteiger partial charge is 0.507 e. The predicted octanol–water partition coefficient (Wildman–Crippen LogP) is 3.24. The number of phenolic OH excluding ortho intramolecular Hbond substituents is 1. The molecule has 0 fully saturated rings. The van der Waals surface area contributed by atoms with Crippen molar-refractivity contribution in [2.45, 2.75) is 19.8 Å². The summed E-state index contributed by atoms with van der Waals surface area (Å²) in [5.41, 5.74) is 0.611. The Balaban J connectivity index is 2.35. The Labute approximate surface area is 124 Å². The van der Waals surface area contributed by atoms with Gasteiger partial charge in [-0.3, -0.25) is 5.10 Å². The summed E-state index contributed by atoms with van der Waals surface area (Å²) in [6.07, 6.45) is 3.30. The van der Waals surface area contributed by atoms with Crippen LogP contribution in [-0.4, -0.2) is 26.2 Å². The number of nitrogens with one attached hydrogen (secondary N) is 1. The van der Waals surface area contributed by atoms with Gasteiger partial charge in [0.15, 0.2) is 5.82 Å². The Kier molecular flexibility index (Phi) is 4.49. The van der Waals surface area contributed by atoms with E-state index in [0.717, 1.165) is 23.1 Å². The smallest absolute Gasteiger partial charge is 0.216 e. The molecule has 2 aromatic rings. The molecule has 0 amide bonds. The van der Waals surface area contributed by atoms with Crippen molar-refractivity contribution in [1.82, 2.24) is 14.9 Å². The SMILES string of the molecule is CCCc1n[nH]c(=S)n1/N=C\c1cc(Br)ccc1O. The number of aryl methyl sites for hydroxylation is 1. The summed E-state index contributed by atoms with van der Waals surface area (Å²) < 4.78 is 2.88. The highest BCUT2D eigenvalue weighted by Crippen LogP contribution is 2.20. The van der Waals surface area contributed by atoms with E-state index < -0.39 is 0 Å². The van der Waals surface area contributed by atoms with Crippen molar-refractivity contribution in [3.8, 4) is 5.75 Å². The number of benzene rings is 1. The summed E-state index contributed by atoms with van der Waals surface area (Å²) in [4.78, 5) is 0. The maximum absolute atomic E-state index is 9.73. The van der Waals surface area contributed by atoms with Gasteiger partial charge in [-0.25, -0.2) is 0 Å². The van der Waals surface area contributed by atoms with Crippen molar-refractivity contribution < 1.29 is 5.11 Å². The van der Waals surface area contributed by atoms with E-state index in [4.69, 9.17) is 12.2 Å². The van der Waals surface area contributed by atoms with Crippen LogP contribution in [0.15, 0.2) is 27.8 Å². The van der Waals surface area contributed by atoms with E-state index >= 15 is 0 Å². The number of halogens is 1. The molecular formula is C12H13BrN4OS. The normalized spacial score (nSPS) is 11.3. The van der Waals surface area contributed by atoms with Gasteiger partial charge in [0.05, 0.1) is 6.21 Å². The summed E-state index contributed by atoms with van der Waals surface area (Å²) in [7, 11) is 0.